The van der Waals surface area contributed by atoms with Gasteiger partial charge in [-0.25, -0.2) is 9.78 Å². The van der Waals surface area contributed by atoms with Crippen molar-refractivity contribution in [1.82, 2.24) is 4.98 Å². The fraction of sp³-hybridized carbons (Fsp3) is 0.500. The third kappa shape index (κ3) is 2.57. The number of aromatic nitrogens is 1. The van der Waals surface area contributed by atoms with Gasteiger partial charge in [0.05, 0.1) is 22.8 Å². The summed E-state index contributed by atoms with van der Waals surface area (Å²) < 4.78 is 5.63. The number of nitrogens with zero attached hydrogens (tertiary/aromatic N) is 2. The van der Waals surface area contributed by atoms with E-state index < -0.39 is 5.97 Å². The number of carboxylic acids is 1. The summed E-state index contributed by atoms with van der Waals surface area (Å²) in [7, 11) is 0. The zero-order valence-corrected chi connectivity index (χ0v) is 11.0. The molecule has 18 heavy (non-hydrogen) atoms. The van der Waals surface area contributed by atoms with Gasteiger partial charge < -0.3 is 14.7 Å². The fourth-order valence-electron chi connectivity index (χ4n) is 2.17. The van der Waals surface area contributed by atoms with E-state index in [1.807, 2.05) is 18.7 Å². The number of hydrogen-bond acceptors (Lipinski definition) is 4. The van der Waals surface area contributed by atoms with Crippen molar-refractivity contribution in [2.75, 3.05) is 18.0 Å². The molecule has 6 heteroatoms. The number of carbonyl (C=O) groups is 1. The molecule has 2 heterocycles. The molecule has 0 radical (unpaired) electrons. The summed E-state index contributed by atoms with van der Waals surface area (Å²) in [6, 6.07) is 1.40. The molecule has 0 amide bonds. The van der Waals surface area contributed by atoms with E-state index in [0.717, 1.165) is 0 Å². The normalized spacial score (nSPS) is 24.1. The molecule has 2 rings (SSSR count). The summed E-state index contributed by atoms with van der Waals surface area (Å²) in [6.07, 6.45) is 1.61. The minimum atomic E-state index is -1.04. The number of pyridine rings is 1. The fourth-order valence-corrected chi connectivity index (χ4v) is 2.48. The number of anilines is 1. The molecule has 0 bridgehead atoms. The Bertz CT molecular complexity index is 457. The van der Waals surface area contributed by atoms with Crippen LogP contribution in [0.25, 0.3) is 0 Å². The Balaban J connectivity index is 2.33. The highest BCUT2D eigenvalue weighted by atomic mass is 35.5. The molecule has 1 aliphatic rings. The summed E-state index contributed by atoms with van der Waals surface area (Å²) >= 11 is 6.11. The van der Waals surface area contributed by atoms with E-state index in [1.54, 1.807) is 0 Å². The average Bonchev–Trinajstić information content (AvgIpc) is 2.27. The van der Waals surface area contributed by atoms with Gasteiger partial charge in [-0.1, -0.05) is 11.6 Å². The molecule has 5 nitrogen and oxygen atoms in total. The molecule has 0 spiro atoms. The Hall–Kier alpha value is -1.33. The Morgan fingerprint density at radius 3 is 2.67 bits per heavy atom. The van der Waals surface area contributed by atoms with E-state index in [-0.39, 0.29) is 22.8 Å². The summed E-state index contributed by atoms with van der Waals surface area (Å²) in [6.45, 7) is 5.25. The Morgan fingerprint density at radius 1 is 1.50 bits per heavy atom. The van der Waals surface area contributed by atoms with Crippen LogP contribution in [0.5, 0.6) is 0 Å². The molecule has 2 unspecified atom stereocenters. The summed E-state index contributed by atoms with van der Waals surface area (Å²) in [5.41, 5.74) is 0.0773. The second kappa shape index (κ2) is 5.12. The number of carboxylic acid groups (broad SMARTS) is 1. The predicted molar refractivity (Wildman–Crippen MR) is 68.4 cm³/mol. The van der Waals surface area contributed by atoms with Crippen molar-refractivity contribution < 1.29 is 14.6 Å². The van der Waals surface area contributed by atoms with E-state index in [2.05, 4.69) is 4.98 Å². The number of aromatic carboxylic acids is 1. The molecular weight excluding hydrogens is 256 g/mol. The number of halogens is 1. The lowest BCUT2D eigenvalue weighted by Crippen LogP contribution is -2.46. The number of hydrogen-bond donors (Lipinski definition) is 1. The largest absolute Gasteiger partial charge is 0.478 e. The molecule has 1 aromatic heterocycles. The van der Waals surface area contributed by atoms with Gasteiger partial charge in [0.1, 0.15) is 5.82 Å². The maximum absolute atomic E-state index is 11.0. The van der Waals surface area contributed by atoms with Gasteiger partial charge in [-0.2, -0.15) is 0 Å². The third-order valence-electron chi connectivity index (χ3n) is 2.82. The summed E-state index contributed by atoms with van der Waals surface area (Å²) in [4.78, 5) is 17.2. The van der Waals surface area contributed by atoms with Crippen LogP contribution in [0.3, 0.4) is 0 Å². The number of morpholine rings is 1. The molecule has 1 saturated heterocycles. The number of ether oxygens (including phenoxy) is 1. The zero-order chi connectivity index (χ0) is 13.3. The van der Waals surface area contributed by atoms with Crippen LogP contribution in [0.15, 0.2) is 12.3 Å². The van der Waals surface area contributed by atoms with Crippen molar-refractivity contribution in [3.63, 3.8) is 0 Å². The minimum absolute atomic E-state index is 0.0695. The van der Waals surface area contributed by atoms with Gasteiger partial charge in [0.2, 0.25) is 0 Å². The quantitative estimate of drug-likeness (QED) is 0.891. The van der Waals surface area contributed by atoms with Crippen molar-refractivity contribution in [2.45, 2.75) is 26.1 Å². The molecule has 1 aliphatic heterocycles. The van der Waals surface area contributed by atoms with Crippen LogP contribution >= 0.6 is 11.6 Å². The Kier molecular flexibility index (Phi) is 3.73. The average molecular weight is 271 g/mol. The van der Waals surface area contributed by atoms with E-state index in [4.69, 9.17) is 21.4 Å². The van der Waals surface area contributed by atoms with Crippen molar-refractivity contribution >= 4 is 23.4 Å². The highest BCUT2D eigenvalue weighted by Crippen LogP contribution is 2.29. The van der Waals surface area contributed by atoms with Gasteiger partial charge in [-0.15, -0.1) is 0 Å². The van der Waals surface area contributed by atoms with Crippen molar-refractivity contribution in [1.29, 1.82) is 0 Å². The first-order valence-electron chi connectivity index (χ1n) is 5.77. The van der Waals surface area contributed by atoms with Gasteiger partial charge in [0, 0.05) is 19.3 Å². The van der Waals surface area contributed by atoms with Crippen molar-refractivity contribution in [3.05, 3.63) is 22.8 Å². The lowest BCUT2D eigenvalue weighted by Gasteiger charge is -2.36. The van der Waals surface area contributed by atoms with Gasteiger partial charge in [0.15, 0.2) is 0 Å². The lowest BCUT2D eigenvalue weighted by molar-refractivity contribution is -0.00545. The van der Waals surface area contributed by atoms with Crippen LogP contribution in [0.2, 0.25) is 5.02 Å². The lowest BCUT2D eigenvalue weighted by atomic mass is 10.2. The number of rotatable bonds is 2. The Labute approximate surface area is 110 Å². The SMILES string of the molecule is CC1CN(c2nccc(C(=O)O)c2Cl)CC(C)O1. The molecule has 0 saturated carbocycles. The maximum atomic E-state index is 11.0. The molecule has 98 valence electrons. The Morgan fingerprint density at radius 2 is 2.11 bits per heavy atom. The van der Waals surface area contributed by atoms with Crippen LogP contribution < -0.4 is 4.90 Å². The van der Waals surface area contributed by atoms with Crippen LogP contribution in [0, 0.1) is 0 Å². The first kappa shape index (κ1) is 13.1. The van der Waals surface area contributed by atoms with E-state index in [9.17, 15) is 4.79 Å². The van der Waals surface area contributed by atoms with E-state index in [1.165, 1.54) is 12.3 Å². The van der Waals surface area contributed by atoms with Crippen LogP contribution in [0.1, 0.15) is 24.2 Å². The monoisotopic (exact) mass is 270 g/mol. The highest BCUT2D eigenvalue weighted by Gasteiger charge is 2.26. The zero-order valence-electron chi connectivity index (χ0n) is 10.3. The van der Waals surface area contributed by atoms with E-state index in [0.29, 0.717) is 18.9 Å². The molecule has 2 atom stereocenters. The minimum Gasteiger partial charge on any atom is -0.478 e. The van der Waals surface area contributed by atoms with Crippen molar-refractivity contribution in [3.8, 4) is 0 Å². The molecule has 1 aromatic rings. The van der Waals surface area contributed by atoms with Crippen LogP contribution in [0.4, 0.5) is 5.82 Å². The maximum Gasteiger partial charge on any atom is 0.337 e. The van der Waals surface area contributed by atoms with E-state index >= 15 is 0 Å². The molecule has 0 aliphatic carbocycles. The second-order valence-corrected chi connectivity index (χ2v) is 4.84. The first-order chi connectivity index (χ1) is 8.49. The standard InChI is InChI=1S/C12H15ClN2O3/c1-7-5-15(6-8(2)18-7)11-10(13)9(12(16)17)3-4-14-11/h3-4,7-8H,5-6H2,1-2H3,(H,16,17). The summed E-state index contributed by atoms with van der Waals surface area (Å²) in [5.74, 6) is -0.531. The third-order valence-corrected chi connectivity index (χ3v) is 3.19. The molecular formula is C12H15ClN2O3. The molecule has 1 N–H and O–H groups in total. The summed E-state index contributed by atoms with van der Waals surface area (Å²) in [5, 5.41) is 9.22. The molecule has 1 fully saturated rings. The highest BCUT2D eigenvalue weighted by molar-refractivity contribution is 6.35. The van der Waals surface area contributed by atoms with Crippen LogP contribution in [-0.2, 0) is 4.74 Å². The van der Waals surface area contributed by atoms with Gasteiger partial charge in [-0.05, 0) is 19.9 Å². The predicted octanol–water partition coefficient (Wildman–Crippen LogP) is 2.05. The van der Waals surface area contributed by atoms with Crippen LogP contribution in [-0.4, -0.2) is 41.4 Å². The molecule has 0 aromatic carbocycles. The van der Waals surface area contributed by atoms with Crippen molar-refractivity contribution in [2.24, 2.45) is 0 Å². The van der Waals surface area contributed by atoms with Gasteiger partial charge in [-0.3, -0.25) is 0 Å². The van der Waals surface area contributed by atoms with Gasteiger partial charge >= 0.3 is 5.97 Å². The first-order valence-corrected chi connectivity index (χ1v) is 6.15. The smallest absolute Gasteiger partial charge is 0.337 e. The topological polar surface area (TPSA) is 62.7 Å². The van der Waals surface area contributed by atoms with Gasteiger partial charge in [0.25, 0.3) is 0 Å². The second-order valence-electron chi connectivity index (χ2n) is 4.46.